The van der Waals surface area contributed by atoms with Crippen LogP contribution in [0.2, 0.25) is 5.02 Å². The number of halogens is 1. The van der Waals surface area contributed by atoms with Crippen molar-refractivity contribution in [3.63, 3.8) is 0 Å². The Bertz CT molecular complexity index is 5150. The molecular weight excluding hydrogens is 1620 g/mol. The van der Waals surface area contributed by atoms with Gasteiger partial charge in [-0.25, -0.2) is 15.0 Å². The largest absolute Gasteiger partial charge is 0.491 e. The molecule has 0 radical (unpaired) electrons. The molecule has 122 heavy (non-hydrogen) atoms. The zero-order valence-corrected chi connectivity index (χ0v) is 71.2. The van der Waals surface area contributed by atoms with Crippen molar-refractivity contribution in [1.82, 2.24) is 84.0 Å². The summed E-state index contributed by atoms with van der Waals surface area (Å²) in [6.45, 7) is 12.3. The van der Waals surface area contributed by atoms with E-state index >= 15 is 0 Å². The highest BCUT2D eigenvalue weighted by Crippen LogP contribution is 2.40. The molecule has 41 heteroatoms. The monoisotopic (exact) mass is 1720 g/mol. The molecule has 0 aliphatic carbocycles. The van der Waals surface area contributed by atoms with E-state index in [9.17, 15) is 47.9 Å². The van der Waals surface area contributed by atoms with Gasteiger partial charge in [0.15, 0.2) is 23.3 Å². The van der Waals surface area contributed by atoms with Crippen LogP contribution < -0.4 is 57.9 Å². The average molecular weight is 1720 g/mol. The number of anilines is 5. The van der Waals surface area contributed by atoms with E-state index in [2.05, 4.69) is 97.1 Å². The first kappa shape index (κ1) is 92.0. The zero-order chi connectivity index (χ0) is 87.2. The smallest absolute Gasteiger partial charge is 0.291 e. The van der Waals surface area contributed by atoms with E-state index in [4.69, 9.17) is 45.0 Å². The van der Waals surface area contributed by atoms with E-state index in [0.717, 1.165) is 45.2 Å². The Hall–Kier alpha value is -12.3. The minimum Gasteiger partial charge on any atom is -0.491 e. The lowest BCUT2D eigenvalue weighted by Gasteiger charge is -2.16. The van der Waals surface area contributed by atoms with E-state index in [0.29, 0.717) is 126 Å². The number of nitrogens with zero attached hydrogens (tertiary/aromatic N) is 13. The number of hydrogen-bond acceptors (Lipinski definition) is 24. The predicted octanol–water partition coefficient (Wildman–Crippen LogP) is 5.34. The Balaban J connectivity index is 0.480. The SMILES string of the molecule is Cc1sc2c(c1C)C(c1ccc(Cl)cc1)=N[C@@H](CC(=O)Nc1cccc(OCCOCCOCCOCCOCCOCCC(=O)NCCCN(C)CCCNC(=O)CCNC(=O)c3nc(NC(=O)CCNC(=O)c4cc(NC(=O)c5nc(NC(=O)CCNC(=O)c6cc(NC(=O)c7nccn7C)cn6C)cn5C)cn4C)cn3C)c1)c1nnc(C)n1-2. The molecule has 1 atom stereocenters. The fourth-order valence-electron chi connectivity index (χ4n) is 12.7. The van der Waals surface area contributed by atoms with E-state index in [1.54, 1.807) is 75.7 Å². The maximum absolute atomic E-state index is 13.7. The van der Waals surface area contributed by atoms with Gasteiger partial charge in [-0.15, -0.1) is 21.5 Å². The summed E-state index contributed by atoms with van der Waals surface area (Å²) < 4.78 is 43.4. The number of aryl methyl sites for hydroxylation is 7. The van der Waals surface area contributed by atoms with Crippen molar-refractivity contribution in [2.45, 2.75) is 71.8 Å². The van der Waals surface area contributed by atoms with Gasteiger partial charge in [-0.2, -0.15) is 0 Å². The summed E-state index contributed by atoms with van der Waals surface area (Å²) in [5.41, 5.74) is 5.40. The van der Waals surface area contributed by atoms with Crippen molar-refractivity contribution < 1.29 is 76.4 Å². The quantitative estimate of drug-likeness (QED) is 0.0215. The van der Waals surface area contributed by atoms with E-state index in [1.807, 2.05) is 54.9 Å². The van der Waals surface area contributed by atoms with Crippen LogP contribution in [0, 0.1) is 20.8 Å². The Morgan fingerprint density at radius 3 is 1.55 bits per heavy atom. The first-order chi connectivity index (χ1) is 58.7. The van der Waals surface area contributed by atoms with Gasteiger partial charge in [-0.05, 0) is 95.7 Å². The normalized spacial score (nSPS) is 12.2. The number of aliphatic imine (C=N–C) groups is 1. The van der Waals surface area contributed by atoms with Gasteiger partial charge in [0.25, 0.3) is 29.5 Å². The summed E-state index contributed by atoms with van der Waals surface area (Å²) in [5, 5.41) is 37.9. The second-order valence-electron chi connectivity index (χ2n) is 28.5. The highest BCUT2D eigenvalue weighted by atomic mass is 35.5. The van der Waals surface area contributed by atoms with Crippen LogP contribution in [-0.2, 0) is 82.9 Å². The molecule has 0 fully saturated rings. The lowest BCUT2D eigenvalue weighted by molar-refractivity contribution is -0.122. The van der Waals surface area contributed by atoms with Crippen LogP contribution in [0.4, 0.5) is 28.7 Å². The molecule has 9 aromatic rings. The first-order valence-electron chi connectivity index (χ1n) is 39.7. The summed E-state index contributed by atoms with van der Waals surface area (Å²) in [4.78, 5) is 150. The van der Waals surface area contributed by atoms with Crippen molar-refractivity contribution in [3.05, 3.63) is 165 Å². The van der Waals surface area contributed by atoms with Crippen LogP contribution in [0.15, 0.2) is 103 Å². The molecule has 652 valence electrons. The number of benzene rings is 2. The third kappa shape index (κ3) is 27.4. The standard InChI is InChI=1S/C81H104ClN23O16S/c1-51-52(2)122-81-70(51)71(54-15-17-55(82)18-16-54)92-60(72-98-97-53(3)105(72)81)46-69(110)89-56-13-10-14-59(43-56)121-42-41-120-40-39-119-38-37-118-36-35-117-34-33-116-32-22-66(107)84-24-12-30-99(4)29-11-23-83-65(106)19-25-88-78(113)74-95-63(49-103(74)8)93-67(108)20-26-87-77(112)62-45-58(48-102(62)7)91-80(115)75-96-64(50-104(75)9)94-68(109)21-27-86-76(111)61-44-57(47-101(61)6)90-79(114)73-85-28-31-100(73)5/h10,13-18,28,31,43-45,47-50,60H,11-12,19-27,29-30,32-42,46H2,1-9H3,(H,83,106)(H,84,107)(H,86,111)(H,87,112)(H,88,113)(H,89,110)(H,90,114)(H,91,115)(H,93,108)(H,94,109)/t60-/m0/s1. The molecule has 1 aliphatic rings. The van der Waals surface area contributed by atoms with Crippen molar-refractivity contribution in [3.8, 4) is 10.8 Å². The molecule has 1 aliphatic heterocycles. The van der Waals surface area contributed by atoms with Gasteiger partial charge in [0.05, 0.1) is 89.6 Å². The van der Waals surface area contributed by atoms with E-state index in [1.165, 1.54) is 55.2 Å². The van der Waals surface area contributed by atoms with Gasteiger partial charge in [0.1, 0.15) is 40.6 Å². The van der Waals surface area contributed by atoms with E-state index < -0.39 is 47.4 Å². The van der Waals surface area contributed by atoms with Gasteiger partial charge >= 0.3 is 0 Å². The van der Waals surface area contributed by atoms with Crippen LogP contribution in [0.25, 0.3) is 5.00 Å². The molecule has 10 N–H and O–H groups in total. The second kappa shape index (κ2) is 45.9. The summed E-state index contributed by atoms with van der Waals surface area (Å²) >= 11 is 7.92. The van der Waals surface area contributed by atoms with Gasteiger partial charge in [0.2, 0.25) is 41.2 Å². The first-order valence-corrected chi connectivity index (χ1v) is 40.9. The molecular formula is C81H104ClN23O16S. The number of amides is 10. The van der Waals surface area contributed by atoms with Gasteiger partial charge in [0, 0.05) is 164 Å². The lowest BCUT2D eigenvalue weighted by atomic mass is 9.99. The van der Waals surface area contributed by atoms with Crippen LogP contribution >= 0.6 is 22.9 Å². The maximum atomic E-state index is 13.7. The summed E-state index contributed by atoms with van der Waals surface area (Å²) in [7, 11) is 10.0. The van der Waals surface area contributed by atoms with Crippen LogP contribution in [0.3, 0.4) is 0 Å². The second-order valence-corrected chi connectivity index (χ2v) is 30.2. The van der Waals surface area contributed by atoms with Gasteiger partial charge in [-0.1, -0.05) is 29.8 Å². The number of hydrogen-bond donors (Lipinski definition) is 10. The molecule has 0 saturated carbocycles. The average Bonchev–Trinajstić information content (AvgIpc) is 1.59. The molecule has 10 rings (SSSR count). The fraction of sp³-hybridized carbons (Fsp3) is 0.432. The number of nitrogens with one attached hydrogen (secondary N) is 10. The third-order valence-corrected chi connectivity index (χ3v) is 20.5. The lowest BCUT2D eigenvalue weighted by Crippen LogP contribution is -2.33. The molecule has 2 aromatic carbocycles. The number of thiophene rings is 1. The molecule has 0 saturated heterocycles. The third-order valence-electron chi connectivity index (χ3n) is 19.0. The minimum absolute atomic E-state index is 0.00377. The molecule has 39 nitrogen and oxygen atoms in total. The van der Waals surface area contributed by atoms with E-state index in [-0.39, 0.29) is 122 Å². The number of imidazole rings is 3. The molecule has 0 bridgehead atoms. The summed E-state index contributed by atoms with van der Waals surface area (Å²) in [6, 6.07) is 17.1. The topological polar surface area (TPSA) is 456 Å². The zero-order valence-electron chi connectivity index (χ0n) is 69.6. The molecule has 7 aromatic heterocycles. The maximum Gasteiger partial charge on any atom is 0.291 e. The van der Waals surface area contributed by atoms with Gasteiger partial charge < -0.3 is 109 Å². The predicted molar refractivity (Wildman–Crippen MR) is 454 cm³/mol. The Labute approximate surface area is 713 Å². The Morgan fingerprint density at radius 1 is 0.492 bits per heavy atom. The number of carbonyl (C=O) groups excluding carboxylic acids is 10. The molecule has 8 heterocycles. The number of ether oxygens (including phenoxy) is 6. The number of fused-ring (bicyclic) bond motifs is 3. The van der Waals surface area contributed by atoms with Crippen molar-refractivity contribution in [2.75, 3.05) is 152 Å². The number of carbonyl (C=O) groups is 10. The van der Waals surface area contributed by atoms with Crippen LogP contribution in [-0.4, -0.2) is 248 Å². The highest BCUT2D eigenvalue weighted by molar-refractivity contribution is 7.15. The number of aromatic nitrogens is 11. The molecule has 0 unspecified atom stereocenters. The molecule has 0 spiro atoms. The fourth-order valence-corrected chi connectivity index (χ4v) is 14.0. The highest BCUT2D eigenvalue weighted by Gasteiger charge is 2.33. The Morgan fingerprint density at radius 2 is 1.00 bits per heavy atom. The van der Waals surface area contributed by atoms with Crippen LogP contribution in [0.5, 0.6) is 5.75 Å². The van der Waals surface area contributed by atoms with Crippen LogP contribution in [0.1, 0.15) is 137 Å². The Kier molecular flexibility index (Phi) is 34.6. The number of rotatable bonds is 49. The van der Waals surface area contributed by atoms with Crippen molar-refractivity contribution in [2.24, 2.45) is 40.2 Å². The van der Waals surface area contributed by atoms with Crippen molar-refractivity contribution in [1.29, 1.82) is 0 Å². The summed E-state index contributed by atoms with van der Waals surface area (Å²) in [6.07, 6.45) is 10.5. The summed E-state index contributed by atoms with van der Waals surface area (Å²) in [5.74, 6) is -2.03. The van der Waals surface area contributed by atoms with Gasteiger partial charge in [-0.3, -0.25) is 57.5 Å². The minimum atomic E-state index is -0.640. The van der Waals surface area contributed by atoms with Crippen molar-refractivity contribution >= 4 is 116 Å². The molecule has 10 amide bonds.